The summed E-state index contributed by atoms with van der Waals surface area (Å²) in [5.41, 5.74) is 3.67. The van der Waals surface area contributed by atoms with Gasteiger partial charge in [0.05, 0.1) is 27.9 Å². The fourth-order valence-electron chi connectivity index (χ4n) is 4.82. The van der Waals surface area contributed by atoms with E-state index >= 15 is 0 Å². The van der Waals surface area contributed by atoms with Gasteiger partial charge in [0.2, 0.25) is 0 Å². The van der Waals surface area contributed by atoms with E-state index in [2.05, 4.69) is 29.9 Å². The van der Waals surface area contributed by atoms with Crippen LogP contribution >= 0.6 is 0 Å². The summed E-state index contributed by atoms with van der Waals surface area (Å²) in [6.07, 6.45) is 3.57. The first-order valence-electron chi connectivity index (χ1n) is 13.4. The molecule has 0 aliphatic heterocycles. The van der Waals surface area contributed by atoms with E-state index in [0.29, 0.717) is 26.0 Å². The molecule has 6 nitrogen and oxygen atoms in total. The maximum absolute atomic E-state index is 11.2. The molecule has 0 radical (unpaired) electrons. The predicted octanol–water partition coefficient (Wildman–Crippen LogP) is 5.08. The first-order valence-corrected chi connectivity index (χ1v) is 13.4. The quantitative estimate of drug-likeness (QED) is 0.292. The molecule has 3 aromatic rings. The summed E-state index contributed by atoms with van der Waals surface area (Å²) in [5.74, 6) is 9.32. The first-order chi connectivity index (χ1) is 18.9. The highest BCUT2D eigenvalue weighted by Gasteiger charge is 2.28. The van der Waals surface area contributed by atoms with E-state index in [1.165, 1.54) is 16.7 Å². The molecule has 0 fully saturated rings. The Hall–Kier alpha value is -3.66. The molecule has 6 heteroatoms. The SMILES string of the molecule is COc1cc2c(cc1OC)CCC(O)(C#CCN(C)CCc1ccc(OCc3ccccc3)c(OC)c1)CC2. The van der Waals surface area contributed by atoms with Crippen molar-refractivity contribution in [3.05, 3.63) is 82.9 Å². The average molecular weight is 530 g/mol. The summed E-state index contributed by atoms with van der Waals surface area (Å²) in [7, 11) is 7.01. The summed E-state index contributed by atoms with van der Waals surface area (Å²) in [5, 5.41) is 11.2. The Morgan fingerprint density at radius 1 is 0.795 bits per heavy atom. The van der Waals surface area contributed by atoms with Crippen molar-refractivity contribution in [3.8, 4) is 34.8 Å². The average Bonchev–Trinajstić information content (AvgIpc) is 3.13. The van der Waals surface area contributed by atoms with Gasteiger partial charge in [0, 0.05) is 6.54 Å². The molecule has 0 unspecified atom stereocenters. The Balaban J connectivity index is 1.28. The zero-order valence-electron chi connectivity index (χ0n) is 23.5. The van der Waals surface area contributed by atoms with Gasteiger partial charge in [0.25, 0.3) is 0 Å². The monoisotopic (exact) mass is 529 g/mol. The normalized spacial score (nSPS) is 14.0. The van der Waals surface area contributed by atoms with Crippen LogP contribution in [0.15, 0.2) is 60.7 Å². The van der Waals surface area contributed by atoms with Gasteiger partial charge < -0.3 is 24.1 Å². The third-order valence-corrected chi connectivity index (χ3v) is 7.24. The number of methoxy groups -OCH3 is 3. The van der Waals surface area contributed by atoms with E-state index in [9.17, 15) is 5.11 Å². The van der Waals surface area contributed by atoms with Crippen LogP contribution in [0.2, 0.25) is 0 Å². The summed E-state index contributed by atoms with van der Waals surface area (Å²) in [6.45, 7) is 1.93. The Kier molecular flexibility index (Phi) is 9.75. The molecule has 39 heavy (non-hydrogen) atoms. The molecule has 3 aromatic carbocycles. The summed E-state index contributed by atoms with van der Waals surface area (Å²) < 4.78 is 22.5. The van der Waals surface area contributed by atoms with Crippen molar-refractivity contribution in [1.82, 2.24) is 4.90 Å². The van der Waals surface area contributed by atoms with Crippen LogP contribution in [0.5, 0.6) is 23.0 Å². The molecule has 4 rings (SSSR count). The van der Waals surface area contributed by atoms with Crippen LogP contribution < -0.4 is 18.9 Å². The fraction of sp³-hybridized carbons (Fsp3) is 0.394. The number of hydrogen-bond acceptors (Lipinski definition) is 6. The molecule has 0 heterocycles. The van der Waals surface area contributed by atoms with Gasteiger partial charge in [-0.05, 0) is 85.7 Å². The summed E-state index contributed by atoms with van der Waals surface area (Å²) in [4.78, 5) is 2.17. The Labute approximate surface area is 232 Å². The van der Waals surface area contributed by atoms with Crippen LogP contribution in [0.4, 0.5) is 0 Å². The van der Waals surface area contributed by atoms with Crippen molar-refractivity contribution in [1.29, 1.82) is 0 Å². The lowest BCUT2D eigenvalue weighted by atomic mass is 9.94. The second-order valence-electron chi connectivity index (χ2n) is 10.1. The molecular formula is C33H39NO5. The molecular weight excluding hydrogens is 490 g/mol. The van der Waals surface area contributed by atoms with Gasteiger partial charge in [-0.1, -0.05) is 48.2 Å². The van der Waals surface area contributed by atoms with E-state index in [4.69, 9.17) is 18.9 Å². The molecule has 0 saturated carbocycles. The molecule has 0 atom stereocenters. The third kappa shape index (κ3) is 7.69. The molecule has 1 aliphatic carbocycles. The molecule has 0 saturated heterocycles. The highest BCUT2D eigenvalue weighted by atomic mass is 16.5. The number of likely N-dealkylation sites (N-methyl/N-ethyl adjacent to an activating group) is 1. The third-order valence-electron chi connectivity index (χ3n) is 7.24. The van der Waals surface area contributed by atoms with Crippen molar-refractivity contribution in [2.24, 2.45) is 0 Å². The molecule has 0 bridgehead atoms. The maximum Gasteiger partial charge on any atom is 0.161 e. The number of ether oxygens (including phenoxy) is 4. The van der Waals surface area contributed by atoms with E-state index in [0.717, 1.165) is 54.4 Å². The van der Waals surface area contributed by atoms with Crippen molar-refractivity contribution < 1.29 is 24.1 Å². The lowest BCUT2D eigenvalue weighted by Gasteiger charge is -2.20. The maximum atomic E-state index is 11.2. The van der Waals surface area contributed by atoms with Crippen molar-refractivity contribution >= 4 is 0 Å². The van der Waals surface area contributed by atoms with Crippen LogP contribution in [0.25, 0.3) is 0 Å². The van der Waals surface area contributed by atoms with Gasteiger partial charge >= 0.3 is 0 Å². The summed E-state index contributed by atoms with van der Waals surface area (Å²) >= 11 is 0. The van der Waals surface area contributed by atoms with E-state index in [1.807, 2.05) is 54.6 Å². The summed E-state index contributed by atoms with van der Waals surface area (Å²) in [6, 6.07) is 20.2. The van der Waals surface area contributed by atoms with Crippen LogP contribution in [0, 0.1) is 11.8 Å². The van der Waals surface area contributed by atoms with Gasteiger partial charge in [-0.15, -0.1) is 0 Å². The van der Waals surface area contributed by atoms with Crippen LogP contribution in [-0.2, 0) is 25.9 Å². The largest absolute Gasteiger partial charge is 0.493 e. The molecule has 0 spiro atoms. The molecule has 0 amide bonds. The predicted molar refractivity (Wildman–Crippen MR) is 154 cm³/mol. The van der Waals surface area contributed by atoms with Crippen molar-refractivity contribution in [2.45, 2.75) is 44.3 Å². The van der Waals surface area contributed by atoms with Gasteiger partial charge in [-0.2, -0.15) is 0 Å². The standard InChI is InChI=1S/C33H39NO5/c1-34(20-15-25-11-12-29(30(21-25)36-2)39-24-26-9-6-5-7-10-26)19-8-16-33(35)17-13-27-22-31(37-3)32(38-4)23-28(27)14-18-33/h5-7,9-12,21-23,35H,13-15,17-20,24H2,1-4H3. The first kappa shape index (κ1) is 28.4. The minimum atomic E-state index is -0.997. The van der Waals surface area contributed by atoms with Crippen molar-refractivity contribution in [3.63, 3.8) is 0 Å². The van der Waals surface area contributed by atoms with Crippen molar-refractivity contribution in [2.75, 3.05) is 41.5 Å². The molecule has 1 N–H and O–H groups in total. The Morgan fingerprint density at radius 2 is 1.41 bits per heavy atom. The lowest BCUT2D eigenvalue weighted by Crippen LogP contribution is -2.28. The number of aliphatic hydroxyl groups is 1. The molecule has 0 aromatic heterocycles. The number of nitrogens with zero attached hydrogens (tertiary/aromatic N) is 1. The second-order valence-corrected chi connectivity index (χ2v) is 10.1. The van der Waals surface area contributed by atoms with E-state index < -0.39 is 5.60 Å². The van der Waals surface area contributed by atoms with Gasteiger partial charge in [-0.3, -0.25) is 4.90 Å². The van der Waals surface area contributed by atoms with Crippen LogP contribution in [0.3, 0.4) is 0 Å². The second kappa shape index (κ2) is 13.4. The molecule has 1 aliphatic rings. The Morgan fingerprint density at radius 3 is 2.03 bits per heavy atom. The van der Waals surface area contributed by atoms with E-state index in [1.54, 1.807) is 21.3 Å². The number of benzene rings is 3. The van der Waals surface area contributed by atoms with Crippen LogP contribution in [-0.4, -0.2) is 57.1 Å². The number of hydrogen-bond donors (Lipinski definition) is 1. The highest BCUT2D eigenvalue weighted by Crippen LogP contribution is 2.35. The minimum absolute atomic E-state index is 0.499. The topological polar surface area (TPSA) is 60.4 Å². The van der Waals surface area contributed by atoms with Gasteiger partial charge in [0.1, 0.15) is 12.2 Å². The smallest absolute Gasteiger partial charge is 0.161 e. The zero-order valence-corrected chi connectivity index (χ0v) is 23.5. The number of aryl methyl sites for hydroxylation is 2. The Bertz CT molecular complexity index is 1260. The molecule has 206 valence electrons. The zero-order chi connectivity index (χ0) is 27.7. The van der Waals surface area contributed by atoms with Gasteiger partial charge in [0.15, 0.2) is 23.0 Å². The fourth-order valence-corrected chi connectivity index (χ4v) is 4.82. The number of fused-ring (bicyclic) bond motifs is 1. The van der Waals surface area contributed by atoms with Gasteiger partial charge in [-0.25, -0.2) is 0 Å². The number of rotatable bonds is 10. The lowest BCUT2D eigenvalue weighted by molar-refractivity contribution is 0.0856. The van der Waals surface area contributed by atoms with Crippen LogP contribution in [0.1, 0.15) is 35.1 Å². The van der Waals surface area contributed by atoms with E-state index in [-0.39, 0.29) is 0 Å². The minimum Gasteiger partial charge on any atom is -0.493 e. The highest BCUT2D eigenvalue weighted by molar-refractivity contribution is 5.48.